The Kier molecular flexibility index (Phi) is 4.29. The standard InChI is InChI=1S/C15H22N4O3S/c1-16-14-7-11(5-6-17-14)15(20)18-13-9-19(23(2,21)22)8-12(13)10-3-4-10/h5-7,10,12-13H,3-4,8-9H2,1-2H3,(H,16,17)(H,18,20). The summed E-state index contributed by atoms with van der Waals surface area (Å²) in [5.41, 5.74) is 0.525. The summed E-state index contributed by atoms with van der Waals surface area (Å²) in [6.45, 7) is 0.863. The molecule has 2 aliphatic rings. The summed E-state index contributed by atoms with van der Waals surface area (Å²) in [4.78, 5) is 16.6. The molecule has 1 aromatic rings. The van der Waals surface area contributed by atoms with Crippen LogP contribution in [0, 0.1) is 11.8 Å². The average Bonchev–Trinajstić information content (AvgIpc) is 3.27. The summed E-state index contributed by atoms with van der Waals surface area (Å²) >= 11 is 0. The van der Waals surface area contributed by atoms with Crippen LogP contribution in [0.15, 0.2) is 18.3 Å². The van der Waals surface area contributed by atoms with Gasteiger partial charge < -0.3 is 10.6 Å². The predicted octanol–water partition coefficient (Wildman–Crippen LogP) is 0.523. The molecular formula is C15H22N4O3S. The quantitative estimate of drug-likeness (QED) is 0.817. The number of hydrogen-bond acceptors (Lipinski definition) is 5. The highest BCUT2D eigenvalue weighted by molar-refractivity contribution is 7.88. The lowest BCUT2D eigenvalue weighted by Crippen LogP contribution is -2.41. The number of rotatable bonds is 5. The normalized spacial score (nSPS) is 25.3. The summed E-state index contributed by atoms with van der Waals surface area (Å²) in [6, 6.07) is 3.21. The molecule has 2 unspecified atom stereocenters. The molecule has 2 N–H and O–H groups in total. The number of carbonyl (C=O) groups excluding carboxylic acids is 1. The van der Waals surface area contributed by atoms with Gasteiger partial charge in [-0.2, -0.15) is 4.31 Å². The van der Waals surface area contributed by atoms with Crippen molar-refractivity contribution < 1.29 is 13.2 Å². The average molecular weight is 338 g/mol. The minimum Gasteiger partial charge on any atom is -0.373 e. The summed E-state index contributed by atoms with van der Waals surface area (Å²) < 4.78 is 25.1. The predicted molar refractivity (Wildman–Crippen MR) is 87.7 cm³/mol. The maximum atomic E-state index is 12.5. The van der Waals surface area contributed by atoms with Gasteiger partial charge in [-0.25, -0.2) is 13.4 Å². The van der Waals surface area contributed by atoms with Crippen LogP contribution in [0.3, 0.4) is 0 Å². The third kappa shape index (κ3) is 3.64. The molecule has 0 aromatic carbocycles. The number of carbonyl (C=O) groups is 1. The van der Waals surface area contributed by atoms with Crippen LogP contribution in [0.5, 0.6) is 0 Å². The van der Waals surface area contributed by atoms with E-state index >= 15 is 0 Å². The van der Waals surface area contributed by atoms with Crippen LogP contribution in [0.4, 0.5) is 5.82 Å². The van der Waals surface area contributed by atoms with Crippen molar-refractivity contribution in [2.24, 2.45) is 11.8 Å². The van der Waals surface area contributed by atoms with Crippen LogP contribution in [0.2, 0.25) is 0 Å². The van der Waals surface area contributed by atoms with Crippen LogP contribution in [-0.2, 0) is 10.0 Å². The van der Waals surface area contributed by atoms with Crippen molar-refractivity contribution in [3.05, 3.63) is 23.9 Å². The van der Waals surface area contributed by atoms with E-state index in [1.807, 2.05) is 0 Å². The van der Waals surface area contributed by atoms with Gasteiger partial charge in [-0.15, -0.1) is 0 Å². The highest BCUT2D eigenvalue weighted by Gasteiger charge is 2.45. The van der Waals surface area contributed by atoms with E-state index < -0.39 is 10.0 Å². The Labute approximate surface area is 136 Å². The topological polar surface area (TPSA) is 91.4 Å². The highest BCUT2D eigenvalue weighted by Crippen LogP contribution is 2.42. The third-order valence-electron chi connectivity index (χ3n) is 4.62. The molecule has 23 heavy (non-hydrogen) atoms. The van der Waals surface area contributed by atoms with Gasteiger partial charge in [0.2, 0.25) is 10.0 Å². The first kappa shape index (κ1) is 16.2. The van der Waals surface area contributed by atoms with Crippen molar-refractivity contribution in [1.82, 2.24) is 14.6 Å². The van der Waals surface area contributed by atoms with E-state index in [2.05, 4.69) is 15.6 Å². The number of anilines is 1. The van der Waals surface area contributed by atoms with E-state index in [1.54, 1.807) is 25.4 Å². The molecule has 8 heteroatoms. The zero-order valence-corrected chi connectivity index (χ0v) is 14.1. The molecule has 7 nitrogen and oxygen atoms in total. The molecule has 126 valence electrons. The van der Waals surface area contributed by atoms with Gasteiger partial charge in [0, 0.05) is 37.9 Å². The second-order valence-corrected chi connectivity index (χ2v) is 8.32. The molecule has 1 aliphatic heterocycles. The van der Waals surface area contributed by atoms with Gasteiger partial charge in [-0.05, 0) is 36.8 Å². The van der Waals surface area contributed by atoms with E-state index in [9.17, 15) is 13.2 Å². The Balaban J connectivity index is 1.73. The monoisotopic (exact) mass is 338 g/mol. The minimum absolute atomic E-state index is 0.129. The molecule has 1 amide bonds. The molecule has 1 saturated carbocycles. The molecule has 1 saturated heterocycles. The molecular weight excluding hydrogens is 316 g/mol. The fraction of sp³-hybridized carbons (Fsp3) is 0.600. The van der Waals surface area contributed by atoms with E-state index in [1.165, 1.54) is 10.6 Å². The van der Waals surface area contributed by atoms with Crippen LogP contribution in [0.25, 0.3) is 0 Å². The largest absolute Gasteiger partial charge is 0.373 e. The molecule has 2 fully saturated rings. The third-order valence-corrected chi connectivity index (χ3v) is 5.86. The second-order valence-electron chi connectivity index (χ2n) is 6.34. The maximum absolute atomic E-state index is 12.5. The van der Waals surface area contributed by atoms with Gasteiger partial charge >= 0.3 is 0 Å². The summed E-state index contributed by atoms with van der Waals surface area (Å²) in [6.07, 6.45) is 5.04. The number of aromatic nitrogens is 1. The smallest absolute Gasteiger partial charge is 0.251 e. The molecule has 2 atom stereocenters. The maximum Gasteiger partial charge on any atom is 0.251 e. The van der Waals surface area contributed by atoms with Crippen LogP contribution < -0.4 is 10.6 Å². The lowest BCUT2D eigenvalue weighted by molar-refractivity contribution is 0.0928. The molecule has 3 rings (SSSR count). The Morgan fingerprint density at radius 2 is 2.09 bits per heavy atom. The Hall–Kier alpha value is -1.67. The van der Waals surface area contributed by atoms with Gasteiger partial charge in [0.15, 0.2) is 0 Å². The first-order valence-corrected chi connectivity index (χ1v) is 9.63. The lowest BCUT2D eigenvalue weighted by Gasteiger charge is -2.19. The first-order valence-electron chi connectivity index (χ1n) is 7.78. The van der Waals surface area contributed by atoms with Gasteiger partial charge in [-0.1, -0.05) is 0 Å². The SMILES string of the molecule is CNc1cc(C(=O)NC2CN(S(C)(=O)=O)CC2C2CC2)ccn1. The Morgan fingerprint density at radius 3 is 2.70 bits per heavy atom. The van der Waals surface area contributed by atoms with Crippen LogP contribution in [0.1, 0.15) is 23.2 Å². The number of sulfonamides is 1. The van der Waals surface area contributed by atoms with Crippen LogP contribution in [-0.4, -0.2) is 56.0 Å². The summed E-state index contributed by atoms with van der Waals surface area (Å²) in [5, 5.41) is 5.92. The van der Waals surface area contributed by atoms with E-state index in [-0.39, 0.29) is 17.9 Å². The van der Waals surface area contributed by atoms with Crippen molar-refractivity contribution in [3.63, 3.8) is 0 Å². The van der Waals surface area contributed by atoms with E-state index in [0.717, 1.165) is 12.8 Å². The second kappa shape index (κ2) is 6.09. The van der Waals surface area contributed by atoms with Gasteiger partial charge in [0.1, 0.15) is 5.82 Å². The fourth-order valence-electron chi connectivity index (χ4n) is 3.18. The number of pyridine rings is 1. The van der Waals surface area contributed by atoms with Gasteiger partial charge in [0.05, 0.1) is 6.26 Å². The molecule has 1 aliphatic carbocycles. The van der Waals surface area contributed by atoms with Gasteiger partial charge in [-0.3, -0.25) is 4.79 Å². The lowest BCUT2D eigenvalue weighted by atomic mass is 9.98. The molecule has 1 aromatic heterocycles. The zero-order chi connectivity index (χ0) is 16.6. The Bertz CT molecular complexity index is 702. The highest BCUT2D eigenvalue weighted by atomic mass is 32.2. The first-order chi connectivity index (χ1) is 10.9. The Morgan fingerprint density at radius 1 is 1.35 bits per heavy atom. The van der Waals surface area contributed by atoms with Crippen molar-refractivity contribution >= 4 is 21.7 Å². The van der Waals surface area contributed by atoms with E-state index in [0.29, 0.717) is 30.4 Å². The van der Waals surface area contributed by atoms with Crippen molar-refractivity contribution in [2.75, 3.05) is 31.7 Å². The molecule has 0 bridgehead atoms. The minimum atomic E-state index is -3.22. The number of nitrogens with one attached hydrogen (secondary N) is 2. The van der Waals surface area contributed by atoms with Crippen molar-refractivity contribution in [1.29, 1.82) is 0 Å². The number of amides is 1. The van der Waals surface area contributed by atoms with Gasteiger partial charge in [0.25, 0.3) is 5.91 Å². The van der Waals surface area contributed by atoms with Crippen molar-refractivity contribution in [2.45, 2.75) is 18.9 Å². The fourth-order valence-corrected chi connectivity index (χ4v) is 4.05. The molecule has 0 radical (unpaired) electrons. The molecule has 2 heterocycles. The number of nitrogens with zero attached hydrogens (tertiary/aromatic N) is 2. The van der Waals surface area contributed by atoms with Crippen molar-refractivity contribution in [3.8, 4) is 0 Å². The zero-order valence-electron chi connectivity index (χ0n) is 13.3. The van der Waals surface area contributed by atoms with E-state index in [4.69, 9.17) is 0 Å². The summed E-state index contributed by atoms with van der Waals surface area (Å²) in [7, 11) is -1.48. The number of hydrogen-bond donors (Lipinski definition) is 2. The molecule has 0 spiro atoms. The summed E-state index contributed by atoms with van der Waals surface area (Å²) in [5.74, 6) is 1.17. The van der Waals surface area contributed by atoms with Crippen LogP contribution >= 0.6 is 0 Å².